The minimum Gasteiger partial charge on any atom is -0.488 e. The highest BCUT2D eigenvalue weighted by Gasteiger charge is 2.36. The van der Waals surface area contributed by atoms with E-state index in [2.05, 4.69) is 0 Å². The molecule has 37 heavy (non-hydrogen) atoms. The highest BCUT2D eigenvalue weighted by molar-refractivity contribution is 8.18. The Kier molecular flexibility index (Phi) is 7.33. The third kappa shape index (κ3) is 5.57. The number of benzene rings is 4. The van der Waals surface area contributed by atoms with Gasteiger partial charge in [-0.2, -0.15) is 0 Å². The molecule has 1 aliphatic heterocycles. The average Bonchev–Trinajstić information content (AvgIpc) is 3.16. The van der Waals surface area contributed by atoms with Gasteiger partial charge in [0.1, 0.15) is 12.4 Å². The van der Waals surface area contributed by atoms with E-state index in [4.69, 9.17) is 27.9 Å². The van der Waals surface area contributed by atoms with Gasteiger partial charge in [0.15, 0.2) is 5.78 Å². The quantitative estimate of drug-likeness (QED) is 0.175. The molecule has 4 aromatic rings. The molecule has 2 amide bonds. The lowest BCUT2D eigenvalue weighted by molar-refractivity contribution is -0.122. The van der Waals surface area contributed by atoms with Crippen LogP contribution in [-0.4, -0.2) is 28.4 Å². The molecule has 1 fully saturated rings. The molecule has 0 aliphatic carbocycles. The molecule has 0 saturated carbocycles. The maximum absolute atomic E-state index is 13.2. The number of imide groups is 1. The maximum Gasteiger partial charge on any atom is 0.293 e. The van der Waals surface area contributed by atoms with E-state index in [1.165, 1.54) is 0 Å². The zero-order chi connectivity index (χ0) is 25.9. The first-order valence-electron chi connectivity index (χ1n) is 11.3. The largest absolute Gasteiger partial charge is 0.488 e. The molecule has 0 unspecified atom stereocenters. The molecule has 1 heterocycles. The van der Waals surface area contributed by atoms with Crippen LogP contribution >= 0.6 is 35.0 Å². The third-order valence-corrected chi connectivity index (χ3v) is 7.27. The van der Waals surface area contributed by atoms with E-state index in [0.29, 0.717) is 33.5 Å². The summed E-state index contributed by atoms with van der Waals surface area (Å²) in [6.07, 6.45) is 1.66. The number of thioether (sulfide) groups is 1. The molecular formula is C29H19Cl2NO4S. The second-order valence-electron chi connectivity index (χ2n) is 8.31. The van der Waals surface area contributed by atoms with E-state index in [0.717, 1.165) is 33.0 Å². The number of hydrogen-bond acceptors (Lipinski definition) is 5. The van der Waals surface area contributed by atoms with Gasteiger partial charge < -0.3 is 4.74 Å². The number of ketones is 1. The molecular weight excluding hydrogens is 529 g/mol. The highest BCUT2D eigenvalue weighted by Crippen LogP contribution is 2.37. The summed E-state index contributed by atoms with van der Waals surface area (Å²) in [4.78, 5) is 39.8. The van der Waals surface area contributed by atoms with Gasteiger partial charge in [-0.15, -0.1) is 0 Å². The predicted octanol–water partition coefficient (Wildman–Crippen LogP) is 7.64. The summed E-state index contributed by atoms with van der Waals surface area (Å²) in [7, 11) is 0. The second kappa shape index (κ2) is 10.8. The first-order valence-corrected chi connectivity index (χ1v) is 12.9. The van der Waals surface area contributed by atoms with Crippen LogP contribution in [0.4, 0.5) is 4.79 Å². The normalized spacial score (nSPS) is 14.5. The van der Waals surface area contributed by atoms with E-state index in [9.17, 15) is 14.4 Å². The van der Waals surface area contributed by atoms with Crippen LogP contribution in [0, 0.1) is 0 Å². The minimum atomic E-state index is -0.520. The number of ether oxygens (including phenoxy) is 1. The van der Waals surface area contributed by atoms with Gasteiger partial charge in [-0.05, 0) is 76.6 Å². The van der Waals surface area contributed by atoms with E-state index in [1.807, 2.05) is 48.5 Å². The summed E-state index contributed by atoms with van der Waals surface area (Å²) in [5, 5.41) is 2.47. The third-order valence-electron chi connectivity index (χ3n) is 5.86. The summed E-state index contributed by atoms with van der Waals surface area (Å²) >= 11 is 12.7. The summed E-state index contributed by atoms with van der Waals surface area (Å²) in [6, 6.07) is 25.2. The molecule has 1 saturated heterocycles. The number of hydrogen-bond donors (Lipinski definition) is 0. The van der Waals surface area contributed by atoms with Crippen molar-refractivity contribution >= 4 is 68.7 Å². The molecule has 184 valence electrons. The molecule has 5 nitrogen and oxygen atoms in total. The lowest BCUT2D eigenvalue weighted by Gasteiger charge is -2.13. The van der Waals surface area contributed by atoms with Crippen LogP contribution in [0.2, 0.25) is 10.0 Å². The van der Waals surface area contributed by atoms with Gasteiger partial charge in [-0.1, -0.05) is 65.7 Å². The number of Topliss-reactive ketones (excluding diaryl/α,β-unsaturated/α-hetero) is 1. The van der Waals surface area contributed by atoms with Gasteiger partial charge in [0, 0.05) is 21.2 Å². The van der Waals surface area contributed by atoms with Crippen molar-refractivity contribution < 1.29 is 19.1 Å². The first-order chi connectivity index (χ1) is 17.9. The van der Waals surface area contributed by atoms with Gasteiger partial charge >= 0.3 is 0 Å². The monoisotopic (exact) mass is 547 g/mol. The highest BCUT2D eigenvalue weighted by atomic mass is 35.5. The fourth-order valence-corrected chi connectivity index (χ4v) is 5.00. The smallest absolute Gasteiger partial charge is 0.293 e. The van der Waals surface area contributed by atoms with E-state index < -0.39 is 11.1 Å². The van der Waals surface area contributed by atoms with Crippen LogP contribution in [0.1, 0.15) is 21.5 Å². The van der Waals surface area contributed by atoms with Crippen LogP contribution in [-0.2, 0) is 11.4 Å². The predicted molar refractivity (Wildman–Crippen MR) is 148 cm³/mol. The van der Waals surface area contributed by atoms with Crippen LogP contribution in [0.3, 0.4) is 0 Å². The molecule has 5 rings (SSSR count). The summed E-state index contributed by atoms with van der Waals surface area (Å²) in [5.41, 5.74) is 1.99. The van der Waals surface area contributed by atoms with Crippen molar-refractivity contribution in [1.82, 2.24) is 4.90 Å². The Morgan fingerprint density at radius 3 is 2.27 bits per heavy atom. The lowest BCUT2D eigenvalue weighted by atomic mass is 10.0. The Hall–Kier alpha value is -3.58. The fourth-order valence-electron chi connectivity index (χ4n) is 3.93. The van der Waals surface area contributed by atoms with Crippen LogP contribution in [0.15, 0.2) is 89.8 Å². The molecule has 0 radical (unpaired) electrons. The molecule has 4 aromatic carbocycles. The number of carbonyl (C=O) groups is 3. The second-order valence-corrected chi connectivity index (χ2v) is 10.2. The van der Waals surface area contributed by atoms with Crippen LogP contribution in [0.5, 0.6) is 5.75 Å². The number of carbonyl (C=O) groups excluding carboxylic acids is 3. The lowest BCUT2D eigenvalue weighted by Crippen LogP contribution is -2.33. The summed E-state index contributed by atoms with van der Waals surface area (Å²) in [5.74, 6) is -0.302. The SMILES string of the molecule is O=C(CN1C(=O)S/C(=C/c2c(OCc3ccc(Cl)cc3)ccc3ccccc23)C1=O)c1ccc(Cl)cc1. The number of rotatable bonds is 7. The number of nitrogens with zero attached hydrogens (tertiary/aromatic N) is 1. The van der Waals surface area contributed by atoms with E-state index in [1.54, 1.807) is 42.5 Å². The molecule has 0 aromatic heterocycles. The van der Waals surface area contributed by atoms with Crippen molar-refractivity contribution in [2.24, 2.45) is 0 Å². The van der Waals surface area contributed by atoms with Crippen molar-refractivity contribution in [2.45, 2.75) is 6.61 Å². The van der Waals surface area contributed by atoms with Gasteiger partial charge in [-0.25, -0.2) is 0 Å². The van der Waals surface area contributed by atoms with E-state index >= 15 is 0 Å². The molecule has 8 heteroatoms. The van der Waals surface area contributed by atoms with Crippen LogP contribution < -0.4 is 4.74 Å². The maximum atomic E-state index is 13.2. The van der Waals surface area contributed by atoms with E-state index in [-0.39, 0.29) is 17.2 Å². The van der Waals surface area contributed by atoms with Gasteiger partial charge in [-0.3, -0.25) is 19.3 Å². The topological polar surface area (TPSA) is 63.7 Å². The zero-order valence-electron chi connectivity index (χ0n) is 19.3. The number of halogens is 2. The van der Waals surface area contributed by atoms with Gasteiger partial charge in [0.25, 0.3) is 11.1 Å². The van der Waals surface area contributed by atoms with Crippen molar-refractivity contribution in [1.29, 1.82) is 0 Å². The average molecular weight is 548 g/mol. The number of amides is 2. The van der Waals surface area contributed by atoms with Crippen LogP contribution in [0.25, 0.3) is 16.8 Å². The van der Waals surface area contributed by atoms with Crippen molar-refractivity contribution in [3.8, 4) is 5.75 Å². The van der Waals surface area contributed by atoms with Crippen molar-refractivity contribution in [2.75, 3.05) is 6.54 Å². The standard InChI is InChI=1S/C29H19Cl2NO4S/c30-21-10-5-18(6-11-21)17-36-26-14-9-19-3-1-2-4-23(19)24(26)15-27-28(34)32(29(35)37-27)16-25(33)20-7-12-22(31)13-8-20/h1-15H,16-17H2/b27-15+. The number of fused-ring (bicyclic) bond motifs is 1. The fraction of sp³-hybridized carbons (Fsp3) is 0.0690. The molecule has 0 atom stereocenters. The van der Waals surface area contributed by atoms with Gasteiger partial charge in [0.2, 0.25) is 0 Å². The Morgan fingerprint density at radius 2 is 1.54 bits per heavy atom. The van der Waals surface area contributed by atoms with Crippen molar-refractivity contribution in [3.63, 3.8) is 0 Å². The Labute approximate surface area is 227 Å². The Bertz CT molecular complexity index is 1550. The summed E-state index contributed by atoms with van der Waals surface area (Å²) in [6.45, 7) is -0.0491. The molecule has 0 spiro atoms. The molecule has 1 aliphatic rings. The zero-order valence-corrected chi connectivity index (χ0v) is 21.6. The molecule has 0 bridgehead atoms. The molecule has 0 N–H and O–H groups in total. The first kappa shape index (κ1) is 25.1. The summed E-state index contributed by atoms with van der Waals surface area (Å²) < 4.78 is 6.13. The van der Waals surface area contributed by atoms with Gasteiger partial charge in [0.05, 0.1) is 11.4 Å². The Balaban J connectivity index is 1.44. The van der Waals surface area contributed by atoms with Crippen molar-refractivity contribution in [3.05, 3.63) is 117 Å². The minimum absolute atomic E-state index is 0.224. The Morgan fingerprint density at radius 1 is 0.865 bits per heavy atom.